The van der Waals surface area contributed by atoms with Gasteiger partial charge in [0.05, 0.1) is 21.8 Å². The van der Waals surface area contributed by atoms with Crippen molar-refractivity contribution in [3.05, 3.63) is 47.1 Å². The Morgan fingerprint density at radius 3 is 3.04 bits per heavy atom. The Balaban J connectivity index is 1.79. The van der Waals surface area contributed by atoms with Crippen LogP contribution < -0.4 is 4.90 Å². The van der Waals surface area contributed by atoms with Crippen LogP contribution in [0, 0.1) is 11.3 Å². The first-order valence-electron chi connectivity index (χ1n) is 7.35. The Hall–Kier alpha value is -2.65. The molecule has 23 heavy (non-hydrogen) atoms. The SMILES string of the molecule is N#Cc1cnc2c(Cl)cccc2c1N1CCC(c2ncn[nH]2)C1. The molecule has 7 heteroatoms. The molecule has 2 aromatic heterocycles. The van der Waals surface area contributed by atoms with Crippen molar-refractivity contribution in [1.82, 2.24) is 20.2 Å². The van der Waals surface area contributed by atoms with Gasteiger partial charge in [-0.25, -0.2) is 4.98 Å². The number of nitrogens with one attached hydrogen (secondary N) is 1. The van der Waals surface area contributed by atoms with E-state index in [4.69, 9.17) is 11.6 Å². The van der Waals surface area contributed by atoms with Crippen LogP contribution in [0.25, 0.3) is 10.9 Å². The summed E-state index contributed by atoms with van der Waals surface area (Å²) in [6.07, 6.45) is 4.09. The summed E-state index contributed by atoms with van der Waals surface area (Å²) in [5, 5.41) is 17.9. The number of para-hydroxylation sites is 1. The predicted octanol–water partition coefficient (Wildman–Crippen LogP) is 2.87. The second-order valence-electron chi connectivity index (χ2n) is 5.57. The van der Waals surface area contributed by atoms with E-state index in [2.05, 4.69) is 31.1 Å². The maximum Gasteiger partial charge on any atom is 0.137 e. The predicted molar refractivity (Wildman–Crippen MR) is 87.4 cm³/mol. The summed E-state index contributed by atoms with van der Waals surface area (Å²) in [6.45, 7) is 1.64. The van der Waals surface area contributed by atoms with E-state index in [1.54, 1.807) is 6.20 Å². The zero-order chi connectivity index (χ0) is 15.8. The molecule has 4 rings (SSSR count). The maximum atomic E-state index is 9.48. The Morgan fingerprint density at radius 2 is 2.26 bits per heavy atom. The summed E-state index contributed by atoms with van der Waals surface area (Å²) in [4.78, 5) is 10.8. The number of hydrogen-bond donors (Lipinski definition) is 1. The molecule has 1 aliphatic rings. The first-order valence-corrected chi connectivity index (χ1v) is 7.73. The van der Waals surface area contributed by atoms with Gasteiger partial charge in [0.15, 0.2) is 0 Å². The highest BCUT2D eigenvalue weighted by Gasteiger charge is 2.28. The van der Waals surface area contributed by atoms with Gasteiger partial charge >= 0.3 is 0 Å². The lowest BCUT2D eigenvalue weighted by Crippen LogP contribution is -2.21. The van der Waals surface area contributed by atoms with Crippen molar-refractivity contribution >= 4 is 28.2 Å². The molecule has 0 bridgehead atoms. The fourth-order valence-corrected chi connectivity index (χ4v) is 3.42. The number of pyridine rings is 1. The summed E-state index contributed by atoms with van der Waals surface area (Å²) in [6, 6.07) is 7.92. The molecule has 0 amide bonds. The van der Waals surface area contributed by atoms with Crippen molar-refractivity contribution in [3.63, 3.8) is 0 Å². The van der Waals surface area contributed by atoms with E-state index >= 15 is 0 Å². The Bertz CT molecular complexity index is 899. The van der Waals surface area contributed by atoms with Gasteiger partial charge in [-0.05, 0) is 12.5 Å². The number of anilines is 1. The quantitative estimate of drug-likeness (QED) is 0.783. The monoisotopic (exact) mass is 324 g/mol. The van der Waals surface area contributed by atoms with Crippen molar-refractivity contribution in [2.45, 2.75) is 12.3 Å². The molecule has 1 fully saturated rings. The van der Waals surface area contributed by atoms with Crippen LogP contribution >= 0.6 is 11.6 Å². The summed E-state index contributed by atoms with van der Waals surface area (Å²) < 4.78 is 0. The van der Waals surface area contributed by atoms with E-state index in [1.807, 2.05) is 18.2 Å². The third kappa shape index (κ3) is 2.30. The summed E-state index contributed by atoms with van der Waals surface area (Å²) in [7, 11) is 0. The number of nitriles is 1. The number of hydrogen-bond acceptors (Lipinski definition) is 5. The van der Waals surface area contributed by atoms with Crippen LogP contribution in [-0.4, -0.2) is 33.3 Å². The third-order valence-electron chi connectivity index (χ3n) is 4.27. The van der Waals surface area contributed by atoms with E-state index in [1.165, 1.54) is 6.33 Å². The van der Waals surface area contributed by atoms with Crippen LogP contribution in [0.4, 0.5) is 5.69 Å². The third-order valence-corrected chi connectivity index (χ3v) is 4.57. The van der Waals surface area contributed by atoms with Crippen molar-refractivity contribution in [2.24, 2.45) is 0 Å². The minimum absolute atomic E-state index is 0.284. The van der Waals surface area contributed by atoms with Crippen LogP contribution in [0.2, 0.25) is 5.02 Å². The lowest BCUT2D eigenvalue weighted by atomic mass is 10.1. The molecule has 1 aliphatic heterocycles. The molecule has 3 heterocycles. The number of H-pyrrole nitrogens is 1. The molecule has 1 N–H and O–H groups in total. The Morgan fingerprint density at radius 1 is 1.35 bits per heavy atom. The highest BCUT2D eigenvalue weighted by atomic mass is 35.5. The van der Waals surface area contributed by atoms with Gasteiger partial charge in [-0.15, -0.1) is 0 Å². The van der Waals surface area contributed by atoms with Crippen molar-refractivity contribution in [2.75, 3.05) is 18.0 Å². The van der Waals surface area contributed by atoms with Crippen LogP contribution in [0.5, 0.6) is 0 Å². The molecule has 6 nitrogen and oxygen atoms in total. The highest BCUT2D eigenvalue weighted by molar-refractivity contribution is 6.35. The number of fused-ring (bicyclic) bond motifs is 1. The minimum atomic E-state index is 0.284. The Labute approximate surface area is 137 Å². The minimum Gasteiger partial charge on any atom is -0.369 e. The molecule has 114 valence electrons. The number of rotatable bonds is 2. The van der Waals surface area contributed by atoms with E-state index in [0.717, 1.165) is 41.9 Å². The van der Waals surface area contributed by atoms with Crippen LogP contribution in [0.15, 0.2) is 30.7 Å². The molecular weight excluding hydrogens is 312 g/mol. The van der Waals surface area contributed by atoms with Crippen LogP contribution in [0.3, 0.4) is 0 Å². The molecule has 0 radical (unpaired) electrons. The van der Waals surface area contributed by atoms with E-state index < -0.39 is 0 Å². The van der Waals surface area contributed by atoms with Crippen LogP contribution in [0.1, 0.15) is 23.7 Å². The van der Waals surface area contributed by atoms with Gasteiger partial charge in [-0.1, -0.05) is 23.7 Å². The summed E-state index contributed by atoms with van der Waals surface area (Å²) in [5.74, 6) is 1.17. The number of aromatic amines is 1. The summed E-state index contributed by atoms with van der Waals surface area (Å²) >= 11 is 6.25. The van der Waals surface area contributed by atoms with Crippen LogP contribution in [-0.2, 0) is 0 Å². The van der Waals surface area contributed by atoms with E-state index in [-0.39, 0.29) is 5.92 Å². The second-order valence-corrected chi connectivity index (χ2v) is 5.98. The molecule has 0 aliphatic carbocycles. The van der Waals surface area contributed by atoms with Gasteiger partial charge in [0.1, 0.15) is 18.2 Å². The standard InChI is InChI=1S/C16H13ClN6/c17-13-3-1-2-12-14(13)19-7-11(6-18)15(12)23-5-4-10(8-23)16-20-9-21-22-16/h1-3,7,9-10H,4-5,8H2,(H,20,21,22). The molecule has 1 aromatic carbocycles. The van der Waals surface area contributed by atoms with Gasteiger partial charge in [-0.2, -0.15) is 10.4 Å². The molecule has 3 aromatic rings. The van der Waals surface area contributed by atoms with Gasteiger partial charge < -0.3 is 4.90 Å². The smallest absolute Gasteiger partial charge is 0.137 e. The number of nitrogens with zero attached hydrogens (tertiary/aromatic N) is 5. The van der Waals surface area contributed by atoms with Crippen molar-refractivity contribution < 1.29 is 0 Å². The summed E-state index contributed by atoms with van der Waals surface area (Å²) in [5.41, 5.74) is 2.20. The molecule has 1 saturated heterocycles. The topological polar surface area (TPSA) is 81.5 Å². The zero-order valence-electron chi connectivity index (χ0n) is 12.2. The van der Waals surface area contributed by atoms with E-state index in [9.17, 15) is 5.26 Å². The first-order chi connectivity index (χ1) is 11.3. The fraction of sp³-hybridized carbons (Fsp3) is 0.250. The lowest BCUT2D eigenvalue weighted by molar-refractivity contribution is 0.714. The highest BCUT2D eigenvalue weighted by Crippen LogP contribution is 2.36. The average Bonchev–Trinajstić information content (AvgIpc) is 3.25. The second kappa shape index (κ2) is 5.52. The zero-order valence-corrected chi connectivity index (χ0v) is 13.0. The lowest BCUT2D eigenvalue weighted by Gasteiger charge is -2.21. The molecule has 0 saturated carbocycles. The largest absolute Gasteiger partial charge is 0.369 e. The molecule has 1 atom stereocenters. The molecule has 0 spiro atoms. The molecular formula is C16H13ClN6. The average molecular weight is 325 g/mol. The van der Waals surface area contributed by atoms with Gasteiger partial charge in [0.2, 0.25) is 0 Å². The number of benzene rings is 1. The van der Waals surface area contributed by atoms with Crippen molar-refractivity contribution in [1.29, 1.82) is 5.26 Å². The molecule has 1 unspecified atom stereocenters. The fourth-order valence-electron chi connectivity index (χ4n) is 3.19. The first kappa shape index (κ1) is 14.0. The van der Waals surface area contributed by atoms with Crippen molar-refractivity contribution in [3.8, 4) is 6.07 Å². The van der Waals surface area contributed by atoms with E-state index in [0.29, 0.717) is 10.6 Å². The van der Waals surface area contributed by atoms with Gasteiger partial charge in [0, 0.05) is 30.6 Å². The maximum absolute atomic E-state index is 9.48. The normalized spacial score (nSPS) is 17.6. The number of aromatic nitrogens is 4. The van der Waals surface area contributed by atoms with Gasteiger partial charge in [-0.3, -0.25) is 10.1 Å². The number of halogens is 1. The Kier molecular flexibility index (Phi) is 3.36. The van der Waals surface area contributed by atoms with Gasteiger partial charge in [0.25, 0.3) is 0 Å².